The average Bonchev–Trinajstić information content (AvgIpc) is 2.80. The maximum Gasteiger partial charge on any atom is 0.325 e. The predicted octanol–water partition coefficient (Wildman–Crippen LogP) is 3.92. The molecular weight excluding hydrogens is 319 g/mol. The molecule has 1 saturated heterocycles. The van der Waals surface area contributed by atoms with Crippen LogP contribution in [-0.4, -0.2) is 16.8 Å². The number of urea groups is 1. The van der Waals surface area contributed by atoms with Crippen LogP contribution in [0.5, 0.6) is 0 Å². The van der Waals surface area contributed by atoms with Gasteiger partial charge in [0, 0.05) is 0 Å². The highest BCUT2D eigenvalue weighted by atomic mass is 19.1. The number of hydrogen-bond donors (Lipinski definition) is 1. The molecule has 0 aromatic heterocycles. The highest BCUT2D eigenvalue weighted by molar-refractivity contribution is 6.07. The minimum Gasteiger partial charge on any atom is -0.319 e. The van der Waals surface area contributed by atoms with E-state index in [0.29, 0.717) is 11.5 Å². The molecule has 1 aliphatic heterocycles. The van der Waals surface area contributed by atoms with Gasteiger partial charge in [-0.2, -0.15) is 0 Å². The second kappa shape index (κ2) is 6.31. The Hall–Kier alpha value is -2.69. The monoisotopic (exact) mass is 340 g/mol. The van der Waals surface area contributed by atoms with Crippen LogP contribution in [0.25, 0.3) is 0 Å². The molecule has 5 heteroatoms. The zero-order valence-corrected chi connectivity index (χ0v) is 14.5. The third kappa shape index (κ3) is 3.14. The number of carbonyl (C=O) groups excluding carboxylic acids is 2. The Balaban J connectivity index is 1.82. The van der Waals surface area contributed by atoms with Crippen molar-refractivity contribution in [2.24, 2.45) is 0 Å². The van der Waals surface area contributed by atoms with E-state index in [-0.39, 0.29) is 18.3 Å². The molecule has 3 rings (SSSR count). The molecule has 0 radical (unpaired) electrons. The van der Waals surface area contributed by atoms with E-state index < -0.39 is 11.6 Å². The van der Waals surface area contributed by atoms with Crippen LogP contribution in [0.3, 0.4) is 0 Å². The molecule has 2 aromatic carbocycles. The lowest BCUT2D eigenvalue weighted by Crippen LogP contribution is -2.40. The Bertz CT molecular complexity index is 799. The Morgan fingerprint density at radius 3 is 2.20 bits per heavy atom. The maximum atomic E-state index is 13.1. The fraction of sp³-hybridized carbons (Fsp3) is 0.300. The van der Waals surface area contributed by atoms with Crippen molar-refractivity contribution in [2.75, 3.05) is 0 Å². The summed E-state index contributed by atoms with van der Waals surface area (Å²) in [5, 5.41) is 2.73. The van der Waals surface area contributed by atoms with Gasteiger partial charge >= 0.3 is 6.03 Å². The molecule has 0 spiro atoms. The van der Waals surface area contributed by atoms with Crippen LogP contribution in [-0.2, 0) is 16.9 Å². The zero-order chi connectivity index (χ0) is 18.2. The molecule has 0 saturated carbocycles. The van der Waals surface area contributed by atoms with Gasteiger partial charge in [-0.25, -0.2) is 9.18 Å². The fourth-order valence-electron chi connectivity index (χ4n) is 3.01. The van der Waals surface area contributed by atoms with E-state index in [1.807, 2.05) is 24.3 Å². The van der Waals surface area contributed by atoms with Crippen LogP contribution < -0.4 is 5.32 Å². The highest BCUT2D eigenvalue weighted by Gasteiger charge is 2.48. The summed E-state index contributed by atoms with van der Waals surface area (Å²) in [5.41, 5.74) is 1.47. The van der Waals surface area contributed by atoms with E-state index in [1.165, 1.54) is 34.7 Å². The first-order chi connectivity index (χ1) is 11.8. The summed E-state index contributed by atoms with van der Waals surface area (Å²) >= 11 is 0. The molecule has 1 atom stereocenters. The standard InChI is InChI=1S/C20H21FN2O2/c1-13(2)15-6-4-14(5-7-15)12-23-18(24)20(3,22-19(23)25)16-8-10-17(21)11-9-16/h4-11,13H,12H2,1-3H3,(H,22,25). The minimum absolute atomic E-state index is 0.208. The molecule has 0 aliphatic carbocycles. The fourth-order valence-corrected chi connectivity index (χ4v) is 3.01. The average molecular weight is 340 g/mol. The van der Waals surface area contributed by atoms with E-state index in [4.69, 9.17) is 0 Å². The van der Waals surface area contributed by atoms with Crippen molar-refractivity contribution in [1.82, 2.24) is 10.2 Å². The lowest BCUT2D eigenvalue weighted by Gasteiger charge is -2.22. The summed E-state index contributed by atoms with van der Waals surface area (Å²) in [6.45, 7) is 6.07. The summed E-state index contributed by atoms with van der Waals surface area (Å²) in [5.74, 6) is -0.296. The van der Waals surface area contributed by atoms with E-state index in [9.17, 15) is 14.0 Å². The van der Waals surface area contributed by atoms with Gasteiger partial charge in [0.2, 0.25) is 0 Å². The van der Waals surface area contributed by atoms with Gasteiger partial charge in [-0.1, -0.05) is 50.2 Å². The molecule has 4 nitrogen and oxygen atoms in total. The van der Waals surface area contributed by atoms with Crippen molar-refractivity contribution in [1.29, 1.82) is 0 Å². The van der Waals surface area contributed by atoms with Crippen molar-refractivity contribution < 1.29 is 14.0 Å². The van der Waals surface area contributed by atoms with E-state index in [2.05, 4.69) is 19.2 Å². The number of hydrogen-bond acceptors (Lipinski definition) is 2. The summed E-state index contributed by atoms with van der Waals surface area (Å²) in [6.07, 6.45) is 0. The Labute approximate surface area is 146 Å². The summed E-state index contributed by atoms with van der Waals surface area (Å²) in [7, 11) is 0. The number of carbonyl (C=O) groups is 2. The summed E-state index contributed by atoms with van der Waals surface area (Å²) in [4.78, 5) is 26.4. The van der Waals surface area contributed by atoms with Crippen LogP contribution in [0, 0.1) is 5.82 Å². The van der Waals surface area contributed by atoms with Crippen molar-refractivity contribution >= 4 is 11.9 Å². The van der Waals surface area contributed by atoms with Crippen LogP contribution >= 0.6 is 0 Å². The van der Waals surface area contributed by atoms with Crippen LogP contribution in [0.2, 0.25) is 0 Å². The normalized spacial score (nSPS) is 20.3. The zero-order valence-electron chi connectivity index (χ0n) is 14.5. The second-order valence-electron chi connectivity index (χ2n) is 6.85. The largest absolute Gasteiger partial charge is 0.325 e. The molecule has 1 heterocycles. The van der Waals surface area contributed by atoms with Gasteiger partial charge < -0.3 is 5.32 Å². The molecule has 130 valence electrons. The first-order valence-electron chi connectivity index (χ1n) is 8.30. The molecule has 1 aliphatic rings. The van der Waals surface area contributed by atoms with E-state index >= 15 is 0 Å². The highest BCUT2D eigenvalue weighted by Crippen LogP contribution is 2.30. The van der Waals surface area contributed by atoms with Gasteiger partial charge in [0.25, 0.3) is 5.91 Å². The predicted molar refractivity (Wildman–Crippen MR) is 93.4 cm³/mol. The van der Waals surface area contributed by atoms with E-state index in [1.54, 1.807) is 6.92 Å². The Morgan fingerprint density at radius 1 is 1.04 bits per heavy atom. The SMILES string of the molecule is CC(C)c1ccc(CN2C(=O)NC(C)(c3ccc(F)cc3)C2=O)cc1. The van der Waals surface area contributed by atoms with Gasteiger partial charge in [-0.05, 0) is 41.7 Å². The molecule has 1 N–H and O–H groups in total. The van der Waals surface area contributed by atoms with E-state index in [0.717, 1.165) is 5.56 Å². The first-order valence-corrected chi connectivity index (χ1v) is 8.30. The molecule has 1 fully saturated rings. The van der Waals surface area contributed by atoms with Gasteiger partial charge in [0.1, 0.15) is 11.4 Å². The smallest absolute Gasteiger partial charge is 0.319 e. The third-order valence-corrected chi connectivity index (χ3v) is 4.68. The molecule has 3 amide bonds. The van der Waals surface area contributed by atoms with Gasteiger partial charge in [0.05, 0.1) is 6.54 Å². The van der Waals surface area contributed by atoms with Crippen LogP contribution in [0.15, 0.2) is 48.5 Å². The molecule has 0 bridgehead atoms. The maximum absolute atomic E-state index is 13.1. The topological polar surface area (TPSA) is 49.4 Å². The molecular formula is C20H21FN2O2. The van der Waals surface area contributed by atoms with Gasteiger partial charge in [-0.15, -0.1) is 0 Å². The van der Waals surface area contributed by atoms with Crippen molar-refractivity contribution in [3.8, 4) is 0 Å². The quantitative estimate of drug-likeness (QED) is 0.858. The molecule has 2 aromatic rings. The summed E-state index contributed by atoms with van der Waals surface area (Å²) in [6, 6.07) is 13.1. The number of halogens is 1. The van der Waals surface area contributed by atoms with Crippen LogP contribution in [0.1, 0.15) is 43.4 Å². The van der Waals surface area contributed by atoms with Crippen molar-refractivity contribution in [3.63, 3.8) is 0 Å². The lowest BCUT2D eigenvalue weighted by atomic mass is 9.92. The second-order valence-corrected chi connectivity index (χ2v) is 6.85. The van der Waals surface area contributed by atoms with Crippen molar-refractivity contribution in [3.05, 3.63) is 71.0 Å². The number of imide groups is 1. The lowest BCUT2D eigenvalue weighted by molar-refractivity contribution is -0.131. The number of benzene rings is 2. The first kappa shape index (κ1) is 17.1. The van der Waals surface area contributed by atoms with Crippen molar-refractivity contribution in [2.45, 2.75) is 38.8 Å². The van der Waals surface area contributed by atoms with Gasteiger partial charge in [-0.3, -0.25) is 9.69 Å². The number of nitrogens with one attached hydrogen (secondary N) is 1. The Kier molecular flexibility index (Phi) is 4.33. The minimum atomic E-state index is -1.18. The number of amides is 3. The summed E-state index contributed by atoms with van der Waals surface area (Å²) < 4.78 is 13.1. The third-order valence-electron chi connectivity index (χ3n) is 4.68. The molecule has 25 heavy (non-hydrogen) atoms. The molecule has 1 unspecified atom stereocenters. The number of nitrogens with zero attached hydrogens (tertiary/aromatic N) is 1. The van der Waals surface area contributed by atoms with Crippen LogP contribution in [0.4, 0.5) is 9.18 Å². The Morgan fingerprint density at radius 2 is 1.64 bits per heavy atom. The number of rotatable bonds is 4. The van der Waals surface area contributed by atoms with Gasteiger partial charge in [0.15, 0.2) is 0 Å².